The van der Waals surface area contributed by atoms with E-state index in [1.807, 2.05) is 6.20 Å². The molecule has 0 bridgehead atoms. The van der Waals surface area contributed by atoms with Gasteiger partial charge in [-0.3, -0.25) is 4.90 Å². The van der Waals surface area contributed by atoms with Crippen LogP contribution in [0.5, 0.6) is 0 Å². The number of rotatable bonds is 3. The van der Waals surface area contributed by atoms with Gasteiger partial charge in [-0.05, 0) is 28.9 Å². The van der Waals surface area contributed by atoms with E-state index in [9.17, 15) is 0 Å². The summed E-state index contributed by atoms with van der Waals surface area (Å²) in [7, 11) is 0. The lowest BCUT2D eigenvalue weighted by atomic mass is 10.2. The van der Waals surface area contributed by atoms with Gasteiger partial charge in [0.25, 0.3) is 0 Å². The molecule has 3 nitrogen and oxygen atoms in total. The summed E-state index contributed by atoms with van der Waals surface area (Å²) < 4.78 is 6.70. The molecule has 0 saturated carbocycles. The van der Waals surface area contributed by atoms with Gasteiger partial charge in [-0.25, -0.2) is 4.98 Å². The van der Waals surface area contributed by atoms with Crippen molar-refractivity contribution in [1.82, 2.24) is 9.88 Å². The largest absolute Gasteiger partial charge is 0.370 e. The van der Waals surface area contributed by atoms with Crippen LogP contribution in [0.4, 0.5) is 0 Å². The third-order valence-electron chi connectivity index (χ3n) is 2.50. The summed E-state index contributed by atoms with van der Waals surface area (Å²) >= 11 is 5.05. The van der Waals surface area contributed by atoms with Gasteiger partial charge in [0.2, 0.25) is 0 Å². The predicted octanol–water partition coefficient (Wildman–Crippen LogP) is 2.69. The molecular formula is C10H15BrN2OS. The van der Waals surface area contributed by atoms with Crippen molar-refractivity contribution >= 4 is 27.3 Å². The summed E-state index contributed by atoms with van der Waals surface area (Å²) in [6.07, 6.45) is 3.34. The van der Waals surface area contributed by atoms with Crippen LogP contribution >= 0.6 is 27.3 Å². The summed E-state index contributed by atoms with van der Waals surface area (Å²) in [5.41, 5.74) is 0. The average Bonchev–Trinajstić information content (AvgIpc) is 2.66. The highest BCUT2D eigenvalue weighted by atomic mass is 79.9. The molecule has 2 rings (SSSR count). The molecule has 84 valence electrons. The van der Waals surface area contributed by atoms with Gasteiger partial charge in [-0.1, -0.05) is 6.92 Å². The summed E-state index contributed by atoms with van der Waals surface area (Å²) in [4.78, 5) is 7.88. The van der Waals surface area contributed by atoms with Crippen LogP contribution in [-0.4, -0.2) is 36.1 Å². The molecule has 0 spiro atoms. The van der Waals surface area contributed by atoms with Crippen LogP contribution in [-0.2, 0) is 4.74 Å². The van der Waals surface area contributed by atoms with E-state index in [1.165, 1.54) is 17.8 Å². The van der Waals surface area contributed by atoms with Gasteiger partial charge in [0, 0.05) is 19.3 Å². The fourth-order valence-electron chi connectivity index (χ4n) is 1.81. The van der Waals surface area contributed by atoms with E-state index in [2.05, 4.69) is 32.7 Å². The molecule has 0 radical (unpaired) electrons. The number of aromatic nitrogens is 1. The van der Waals surface area contributed by atoms with Crippen molar-refractivity contribution in [3.63, 3.8) is 0 Å². The lowest BCUT2D eigenvalue weighted by molar-refractivity contribution is -0.0281. The average molecular weight is 291 g/mol. The first-order valence-electron chi connectivity index (χ1n) is 5.24. The molecule has 1 atom stereocenters. The van der Waals surface area contributed by atoms with Crippen LogP contribution in [0.25, 0.3) is 0 Å². The number of morpholine rings is 1. The summed E-state index contributed by atoms with van der Waals surface area (Å²) in [6, 6.07) is 0. The minimum Gasteiger partial charge on any atom is -0.370 e. The molecule has 2 heterocycles. The van der Waals surface area contributed by atoms with Gasteiger partial charge in [0.05, 0.1) is 11.5 Å². The Morgan fingerprint density at radius 2 is 2.60 bits per heavy atom. The first kappa shape index (κ1) is 11.5. The van der Waals surface area contributed by atoms with E-state index in [0.29, 0.717) is 0 Å². The number of hydrogen-bond acceptors (Lipinski definition) is 4. The molecule has 1 saturated heterocycles. The Hall–Kier alpha value is 0.0300. The molecule has 1 fully saturated rings. The zero-order valence-electron chi connectivity index (χ0n) is 8.78. The van der Waals surface area contributed by atoms with Crippen LogP contribution in [0.2, 0.25) is 0 Å². The Balaban J connectivity index is 1.98. The molecule has 1 aliphatic heterocycles. The maximum absolute atomic E-state index is 5.76. The van der Waals surface area contributed by atoms with E-state index < -0.39 is 0 Å². The summed E-state index contributed by atoms with van der Waals surface area (Å²) in [5, 5.41) is 0. The molecular weight excluding hydrogens is 276 g/mol. The third-order valence-corrected chi connectivity index (χ3v) is 4.07. The van der Waals surface area contributed by atoms with E-state index in [0.717, 1.165) is 23.6 Å². The van der Waals surface area contributed by atoms with Gasteiger partial charge >= 0.3 is 0 Å². The first-order valence-corrected chi connectivity index (χ1v) is 6.85. The van der Waals surface area contributed by atoms with Crippen molar-refractivity contribution in [2.45, 2.75) is 19.4 Å². The fourth-order valence-corrected chi connectivity index (χ4v) is 3.15. The smallest absolute Gasteiger partial charge is 0.159 e. The maximum Gasteiger partial charge on any atom is 0.159 e. The van der Waals surface area contributed by atoms with Crippen LogP contribution in [0, 0.1) is 0 Å². The second kappa shape index (κ2) is 5.39. The zero-order chi connectivity index (χ0) is 10.7. The second-order valence-corrected chi connectivity index (χ2v) is 6.01. The summed E-state index contributed by atoms with van der Waals surface area (Å²) in [6.45, 7) is 6.28. The molecule has 0 amide bonds. The molecule has 1 aromatic rings. The van der Waals surface area contributed by atoms with Crippen molar-refractivity contribution in [2.24, 2.45) is 0 Å². The molecule has 0 aromatic carbocycles. The third kappa shape index (κ3) is 3.00. The number of halogens is 1. The second-order valence-electron chi connectivity index (χ2n) is 3.68. The Kier molecular flexibility index (Phi) is 4.13. The molecule has 0 aliphatic carbocycles. The van der Waals surface area contributed by atoms with Gasteiger partial charge in [0.15, 0.2) is 3.92 Å². The van der Waals surface area contributed by atoms with Crippen LogP contribution < -0.4 is 0 Å². The molecule has 0 N–H and O–H groups in total. The van der Waals surface area contributed by atoms with Crippen molar-refractivity contribution in [3.05, 3.63) is 15.0 Å². The minimum atomic E-state index is 0.217. The quantitative estimate of drug-likeness (QED) is 0.856. The number of nitrogens with zero attached hydrogens (tertiary/aromatic N) is 2. The van der Waals surface area contributed by atoms with Crippen LogP contribution in [0.3, 0.4) is 0 Å². The van der Waals surface area contributed by atoms with E-state index in [-0.39, 0.29) is 6.10 Å². The Morgan fingerprint density at radius 3 is 3.27 bits per heavy atom. The molecule has 1 aliphatic rings. The van der Waals surface area contributed by atoms with Crippen LogP contribution in [0.15, 0.2) is 10.1 Å². The monoisotopic (exact) mass is 290 g/mol. The highest BCUT2D eigenvalue weighted by Gasteiger charge is 2.22. The lowest BCUT2D eigenvalue weighted by Crippen LogP contribution is -2.38. The van der Waals surface area contributed by atoms with Crippen molar-refractivity contribution < 1.29 is 4.74 Å². The molecule has 1 unspecified atom stereocenters. The van der Waals surface area contributed by atoms with Gasteiger partial charge in [-0.15, -0.1) is 11.3 Å². The highest BCUT2D eigenvalue weighted by Crippen LogP contribution is 2.29. The minimum absolute atomic E-state index is 0.217. The van der Waals surface area contributed by atoms with Crippen LogP contribution in [0.1, 0.15) is 24.3 Å². The molecule has 1 aromatic heterocycles. The number of thiazole rings is 1. The maximum atomic E-state index is 5.76. The first-order chi connectivity index (χ1) is 7.29. The van der Waals surface area contributed by atoms with Crippen molar-refractivity contribution in [1.29, 1.82) is 0 Å². The van der Waals surface area contributed by atoms with E-state index >= 15 is 0 Å². The number of ether oxygens (including phenoxy) is 1. The van der Waals surface area contributed by atoms with Crippen molar-refractivity contribution in [3.8, 4) is 0 Å². The normalized spacial score (nSPS) is 23.2. The zero-order valence-corrected chi connectivity index (χ0v) is 11.2. The molecule has 15 heavy (non-hydrogen) atoms. The summed E-state index contributed by atoms with van der Waals surface area (Å²) in [5.74, 6) is 0. The topological polar surface area (TPSA) is 25.4 Å². The molecule has 5 heteroatoms. The van der Waals surface area contributed by atoms with Gasteiger partial charge in [-0.2, -0.15) is 0 Å². The Labute approximate surface area is 103 Å². The van der Waals surface area contributed by atoms with Crippen molar-refractivity contribution in [2.75, 3.05) is 26.2 Å². The highest BCUT2D eigenvalue weighted by molar-refractivity contribution is 9.11. The predicted molar refractivity (Wildman–Crippen MR) is 65.2 cm³/mol. The Bertz CT molecular complexity index is 316. The SMILES string of the molecule is CCCN1CCOC(c2cnc(Br)s2)C1. The fraction of sp³-hybridized carbons (Fsp3) is 0.700. The van der Waals surface area contributed by atoms with E-state index in [4.69, 9.17) is 4.74 Å². The van der Waals surface area contributed by atoms with Gasteiger partial charge < -0.3 is 4.74 Å². The Morgan fingerprint density at radius 1 is 1.73 bits per heavy atom. The standard InChI is InChI=1S/C10H15BrN2OS/c1-2-3-13-4-5-14-8(7-13)9-6-12-10(11)15-9/h6,8H,2-5,7H2,1H3. The van der Waals surface area contributed by atoms with Gasteiger partial charge in [0.1, 0.15) is 6.10 Å². The number of hydrogen-bond donors (Lipinski definition) is 0. The van der Waals surface area contributed by atoms with E-state index in [1.54, 1.807) is 11.3 Å². The lowest BCUT2D eigenvalue weighted by Gasteiger charge is -2.31.